The number of fused-ring (bicyclic) bond motifs is 1. The summed E-state index contributed by atoms with van der Waals surface area (Å²) in [7, 11) is 0. The molecule has 1 N–H and O–H groups in total. The maximum Gasteiger partial charge on any atom is 0.246 e. The molecule has 4 rings (SSSR count). The van der Waals surface area contributed by atoms with E-state index in [1.165, 1.54) is 5.52 Å². The van der Waals surface area contributed by atoms with Crippen LogP contribution in [-0.4, -0.2) is 41.2 Å². The van der Waals surface area contributed by atoms with Gasteiger partial charge in [0.25, 0.3) is 0 Å². The van der Waals surface area contributed by atoms with Gasteiger partial charge in [-0.15, -0.1) is 0 Å². The van der Waals surface area contributed by atoms with Gasteiger partial charge >= 0.3 is 0 Å². The van der Waals surface area contributed by atoms with Gasteiger partial charge in [0.05, 0.1) is 17.6 Å². The highest BCUT2D eigenvalue weighted by atomic mass is 16.5. The fraction of sp³-hybridized carbons (Fsp3) is 0.417. The topological polar surface area (TPSA) is 59.4 Å². The molecule has 6 nitrogen and oxygen atoms in total. The second kappa shape index (κ2) is 9.30. The number of rotatable bonds is 7. The standard InChI is InChI=1S/C24H30N4O2/c1-18(2)28-22-11-7-6-10-21(22)26-24(28)27-14-12-20(13-15-27)25-23(29)17-30-16-19-8-4-3-5-9-19/h3-11,18,20H,12-17H2,1-2H3,(H,25,29). The number of ether oxygens (including phenoxy) is 1. The van der Waals surface area contributed by atoms with E-state index < -0.39 is 0 Å². The van der Waals surface area contributed by atoms with Crippen LogP contribution in [0.1, 0.15) is 38.3 Å². The molecule has 158 valence electrons. The van der Waals surface area contributed by atoms with E-state index in [-0.39, 0.29) is 18.6 Å². The van der Waals surface area contributed by atoms with Crippen molar-refractivity contribution in [1.29, 1.82) is 0 Å². The molecule has 3 aromatic rings. The summed E-state index contributed by atoms with van der Waals surface area (Å²) in [6.45, 7) is 6.70. The smallest absolute Gasteiger partial charge is 0.246 e. The quantitative estimate of drug-likeness (QED) is 0.646. The Morgan fingerprint density at radius 2 is 1.80 bits per heavy atom. The average molecular weight is 407 g/mol. The normalized spacial score (nSPS) is 15.1. The predicted octanol–water partition coefficient (Wildman–Crippen LogP) is 3.92. The van der Waals surface area contributed by atoms with Crippen LogP contribution >= 0.6 is 0 Å². The zero-order valence-electron chi connectivity index (χ0n) is 17.8. The number of hydrogen-bond donors (Lipinski definition) is 1. The van der Waals surface area contributed by atoms with E-state index in [1.54, 1.807) is 0 Å². The molecule has 0 bridgehead atoms. The van der Waals surface area contributed by atoms with Gasteiger partial charge in [-0.2, -0.15) is 0 Å². The number of anilines is 1. The SMILES string of the molecule is CC(C)n1c(N2CCC(NC(=O)COCc3ccccc3)CC2)nc2ccccc21. The lowest BCUT2D eigenvalue weighted by molar-refractivity contribution is -0.126. The fourth-order valence-corrected chi connectivity index (χ4v) is 4.09. The molecule has 1 aliphatic rings. The van der Waals surface area contributed by atoms with E-state index >= 15 is 0 Å². The number of para-hydroxylation sites is 2. The zero-order chi connectivity index (χ0) is 20.9. The highest BCUT2D eigenvalue weighted by molar-refractivity contribution is 5.79. The summed E-state index contributed by atoms with van der Waals surface area (Å²) in [6.07, 6.45) is 1.82. The Labute approximate surface area is 177 Å². The van der Waals surface area contributed by atoms with E-state index in [0.717, 1.165) is 43.0 Å². The van der Waals surface area contributed by atoms with Gasteiger partial charge in [0.2, 0.25) is 11.9 Å². The molecule has 1 saturated heterocycles. The summed E-state index contributed by atoms with van der Waals surface area (Å²) in [6, 6.07) is 18.7. The number of carbonyl (C=O) groups excluding carboxylic acids is 1. The largest absolute Gasteiger partial charge is 0.367 e. The van der Waals surface area contributed by atoms with Crippen molar-refractivity contribution in [3.63, 3.8) is 0 Å². The van der Waals surface area contributed by atoms with Crippen LogP contribution in [0.5, 0.6) is 0 Å². The van der Waals surface area contributed by atoms with Crippen LogP contribution in [0.25, 0.3) is 11.0 Å². The minimum absolute atomic E-state index is 0.0428. The molecular weight excluding hydrogens is 376 g/mol. The third-order valence-corrected chi connectivity index (χ3v) is 5.58. The minimum atomic E-state index is -0.0428. The molecule has 1 aliphatic heterocycles. The molecule has 0 aliphatic carbocycles. The van der Waals surface area contributed by atoms with Crippen LogP contribution < -0.4 is 10.2 Å². The first-order chi connectivity index (χ1) is 14.6. The number of nitrogens with zero attached hydrogens (tertiary/aromatic N) is 3. The van der Waals surface area contributed by atoms with Crippen molar-refractivity contribution in [3.05, 3.63) is 60.2 Å². The number of hydrogen-bond acceptors (Lipinski definition) is 4. The number of amides is 1. The molecule has 0 radical (unpaired) electrons. The molecule has 2 aromatic carbocycles. The first-order valence-electron chi connectivity index (χ1n) is 10.7. The van der Waals surface area contributed by atoms with Crippen LogP contribution in [-0.2, 0) is 16.1 Å². The Balaban J connectivity index is 1.29. The number of carbonyl (C=O) groups is 1. The number of aromatic nitrogens is 2. The van der Waals surface area contributed by atoms with Crippen molar-refractivity contribution in [3.8, 4) is 0 Å². The highest BCUT2D eigenvalue weighted by Gasteiger charge is 2.25. The number of benzene rings is 2. The molecule has 30 heavy (non-hydrogen) atoms. The molecule has 0 spiro atoms. The minimum Gasteiger partial charge on any atom is -0.367 e. The Hall–Kier alpha value is -2.86. The average Bonchev–Trinajstić information content (AvgIpc) is 3.15. The summed E-state index contributed by atoms with van der Waals surface area (Å²) in [5.74, 6) is 0.987. The van der Waals surface area contributed by atoms with Gasteiger partial charge < -0.3 is 19.5 Å². The van der Waals surface area contributed by atoms with Crippen molar-refractivity contribution in [2.45, 2.75) is 45.4 Å². The maximum atomic E-state index is 12.2. The van der Waals surface area contributed by atoms with Gasteiger partial charge in [-0.3, -0.25) is 4.79 Å². The Kier molecular flexibility index (Phi) is 6.33. The van der Waals surface area contributed by atoms with Crippen LogP contribution in [0.2, 0.25) is 0 Å². The van der Waals surface area contributed by atoms with Crippen LogP contribution in [0.4, 0.5) is 5.95 Å². The fourth-order valence-electron chi connectivity index (χ4n) is 4.09. The molecule has 1 aromatic heterocycles. The van der Waals surface area contributed by atoms with E-state index in [4.69, 9.17) is 9.72 Å². The highest BCUT2D eigenvalue weighted by Crippen LogP contribution is 2.28. The second-order valence-corrected chi connectivity index (χ2v) is 8.17. The molecular formula is C24H30N4O2. The van der Waals surface area contributed by atoms with Gasteiger partial charge in [0.1, 0.15) is 6.61 Å². The second-order valence-electron chi connectivity index (χ2n) is 8.17. The predicted molar refractivity (Wildman–Crippen MR) is 120 cm³/mol. The lowest BCUT2D eigenvalue weighted by Gasteiger charge is -2.34. The van der Waals surface area contributed by atoms with Crippen LogP contribution in [0.15, 0.2) is 54.6 Å². The Morgan fingerprint density at radius 3 is 2.53 bits per heavy atom. The number of nitrogens with one attached hydrogen (secondary N) is 1. The van der Waals surface area contributed by atoms with Gasteiger partial charge in [0.15, 0.2) is 0 Å². The lowest BCUT2D eigenvalue weighted by Crippen LogP contribution is -2.46. The van der Waals surface area contributed by atoms with Gasteiger partial charge in [0, 0.05) is 25.2 Å². The van der Waals surface area contributed by atoms with E-state index in [0.29, 0.717) is 12.6 Å². The third-order valence-electron chi connectivity index (χ3n) is 5.58. The third kappa shape index (κ3) is 4.65. The Bertz CT molecular complexity index is 975. The summed E-state index contributed by atoms with van der Waals surface area (Å²) in [5, 5.41) is 3.12. The molecule has 1 fully saturated rings. The zero-order valence-corrected chi connectivity index (χ0v) is 17.8. The van der Waals surface area contributed by atoms with Crippen molar-refractivity contribution in [2.75, 3.05) is 24.6 Å². The van der Waals surface area contributed by atoms with Gasteiger partial charge in [-0.1, -0.05) is 42.5 Å². The molecule has 0 saturated carbocycles. The molecule has 0 atom stereocenters. The van der Waals surface area contributed by atoms with E-state index in [2.05, 4.69) is 46.8 Å². The van der Waals surface area contributed by atoms with E-state index in [1.807, 2.05) is 36.4 Å². The molecule has 1 amide bonds. The maximum absolute atomic E-state index is 12.2. The van der Waals surface area contributed by atoms with Crippen molar-refractivity contribution in [1.82, 2.24) is 14.9 Å². The number of piperidine rings is 1. The van der Waals surface area contributed by atoms with Gasteiger partial charge in [-0.05, 0) is 44.4 Å². The Morgan fingerprint density at radius 1 is 1.10 bits per heavy atom. The van der Waals surface area contributed by atoms with Crippen LogP contribution in [0.3, 0.4) is 0 Å². The van der Waals surface area contributed by atoms with Crippen LogP contribution in [0, 0.1) is 0 Å². The lowest BCUT2D eigenvalue weighted by atomic mass is 10.1. The van der Waals surface area contributed by atoms with Crippen molar-refractivity contribution >= 4 is 22.9 Å². The summed E-state index contributed by atoms with van der Waals surface area (Å²) in [5.41, 5.74) is 3.28. The first kappa shape index (κ1) is 20.4. The van der Waals surface area contributed by atoms with E-state index in [9.17, 15) is 4.79 Å². The molecule has 0 unspecified atom stereocenters. The summed E-state index contributed by atoms with van der Waals surface area (Å²) in [4.78, 5) is 19.5. The summed E-state index contributed by atoms with van der Waals surface area (Å²) >= 11 is 0. The monoisotopic (exact) mass is 406 g/mol. The first-order valence-corrected chi connectivity index (χ1v) is 10.7. The summed E-state index contributed by atoms with van der Waals surface area (Å²) < 4.78 is 7.86. The molecule has 6 heteroatoms. The van der Waals surface area contributed by atoms with Crippen molar-refractivity contribution < 1.29 is 9.53 Å². The van der Waals surface area contributed by atoms with Crippen molar-refractivity contribution in [2.24, 2.45) is 0 Å². The number of imidazole rings is 1. The molecule has 2 heterocycles. The van der Waals surface area contributed by atoms with Gasteiger partial charge in [-0.25, -0.2) is 4.98 Å².